The topological polar surface area (TPSA) is 49.6 Å². The number of piperazine rings is 1. The maximum absolute atomic E-state index is 11.8. The number of hydrogen-bond donors (Lipinski definition) is 1. The lowest BCUT2D eigenvalue weighted by molar-refractivity contribution is -0.133. The highest BCUT2D eigenvalue weighted by Crippen LogP contribution is 2.09. The number of nitrogens with two attached hydrogens (primary N) is 1. The summed E-state index contributed by atoms with van der Waals surface area (Å²) in [6.45, 7) is 5.35. The minimum atomic E-state index is 0.295. The Morgan fingerprint density at radius 1 is 1.47 bits per heavy atom. The van der Waals surface area contributed by atoms with Gasteiger partial charge in [-0.2, -0.15) is 0 Å². The Bertz CT molecular complexity index is 208. The van der Waals surface area contributed by atoms with E-state index in [1.165, 1.54) is 0 Å². The molecular formula is C11H23N3O. The average Bonchev–Trinajstić information content (AvgIpc) is 2.26. The summed E-state index contributed by atoms with van der Waals surface area (Å²) in [5, 5.41) is 0. The Morgan fingerprint density at radius 3 is 2.80 bits per heavy atom. The highest BCUT2D eigenvalue weighted by Gasteiger charge is 2.25. The first kappa shape index (κ1) is 12.5. The fourth-order valence-corrected chi connectivity index (χ4v) is 1.91. The Balaban J connectivity index is 2.40. The Kier molecular flexibility index (Phi) is 5.05. The van der Waals surface area contributed by atoms with Crippen LogP contribution in [0.1, 0.15) is 26.2 Å². The maximum atomic E-state index is 11.8. The lowest BCUT2D eigenvalue weighted by atomic mass is 10.1. The van der Waals surface area contributed by atoms with Crippen molar-refractivity contribution in [3.63, 3.8) is 0 Å². The van der Waals surface area contributed by atoms with E-state index >= 15 is 0 Å². The van der Waals surface area contributed by atoms with E-state index in [0.29, 0.717) is 24.9 Å². The molecule has 0 radical (unpaired) electrons. The number of likely N-dealkylation sites (N-methyl/N-ethyl adjacent to an activating group) is 1. The van der Waals surface area contributed by atoms with Crippen molar-refractivity contribution in [2.75, 3.05) is 33.2 Å². The number of carbonyl (C=O) groups is 1. The molecule has 1 atom stereocenters. The molecule has 0 aromatic rings. The lowest BCUT2D eigenvalue weighted by Gasteiger charge is -2.39. The van der Waals surface area contributed by atoms with Gasteiger partial charge < -0.3 is 10.6 Å². The van der Waals surface area contributed by atoms with Crippen molar-refractivity contribution in [1.29, 1.82) is 0 Å². The summed E-state index contributed by atoms with van der Waals surface area (Å²) in [6.07, 6.45) is 2.77. The van der Waals surface area contributed by atoms with Gasteiger partial charge in [0.05, 0.1) is 0 Å². The largest absolute Gasteiger partial charge is 0.340 e. The van der Waals surface area contributed by atoms with Gasteiger partial charge in [0.25, 0.3) is 0 Å². The van der Waals surface area contributed by atoms with Crippen LogP contribution in [0.15, 0.2) is 0 Å². The summed E-state index contributed by atoms with van der Waals surface area (Å²) >= 11 is 0. The predicted molar refractivity (Wildman–Crippen MR) is 61.6 cm³/mol. The smallest absolute Gasteiger partial charge is 0.222 e. The molecule has 1 rings (SSSR count). The molecule has 1 amide bonds. The van der Waals surface area contributed by atoms with E-state index in [-0.39, 0.29) is 0 Å². The predicted octanol–water partition coefficient (Wildman–Crippen LogP) is 0.278. The number of rotatable bonds is 4. The minimum absolute atomic E-state index is 0.295. The van der Waals surface area contributed by atoms with Crippen molar-refractivity contribution in [2.45, 2.75) is 32.2 Å². The molecule has 1 aliphatic heterocycles. The van der Waals surface area contributed by atoms with Crippen molar-refractivity contribution >= 4 is 5.91 Å². The third-order valence-electron chi connectivity index (χ3n) is 3.15. The van der Waals surface area contributed by atoms with Crippen LogP contribution in [0.4, 0.5) is 0 Å². The number of hydrogen-bond acceptors (Lipinski definition) is 3. The molecule has 88 valence electrons. The van der Waals surface area contributed by atoms with Gasteiger partial charge in [0, 0.05) is 38.6 Å². The van der Waals surface area contributed by atoms with Crippen LogP contribution in [0.5, 0.6) is 0 Å². The standard InChI is InChI=1S/C11H23N3O/c1-3-4-5-11(15)14-7-6-13(2)10(8-12)9-14/h10H,3-9,12H2,1-2H3. The van der Waals surface area contributed by atoms with Gasteiger partial charge in [-0.1, -0.05) is 13.3 Å². The van der Waals surface area contributed by atoms with Gasteiger partial charge >= 0.3 is 0 Å². The van der Waals surface area contributed by atoms with E-state index in [0.717, 1.165) is 32.5 Å². The summed E-state index contributed by atoms with van der Waals surface area (Å²) in [5.74, 6) is 0.295. The van der Waals surface area contributed by atoms with Crippen LogP contribution in [0, 0.1) is 0 Å². The molecule has 1 aliphatic rings. The van der Waals surface area contributed by atoms with Crippen molar-refractivity contribution in [3.8, 4) is 0 Å². The summed E-state index contributed by atoms with van der Waals surface area (Å²) < 4.78 is 0. The first-order valence-electron chi connectivity index (χ1n) is 5.87. The van der Waals surface area contributed by atoms with E-state index in [9.17, 15) is 4.79 Å². The minimum Gasteiger partial charge on any atom is -0.340 e. The summed E-state index contributed by atoms with van der Waals surface area (Å²) in [4.78, 5) is 16.0. The molecule has 0 spiro atoms. The molecule has 1 unspecified atom stereocenters. The molecule has 4 heteroatoms. The van der Waals surface area contributed by atoms with E-state index in [2.05, 4.69) is 18.9 Å². The van der Waals surface area contributed by atoms with Crippen molar-refractivity contribution in [3.05, 3.63) is 0 Å². The summed E-state index contributed by atoms with van der Waals surface area (Å²) in [6, 6.07) is 0.337. The zero-order valence-corrected chi connectivity index (χ0v) is 9.91. The monoisotopic (exact) mass is 213 g/mol. The highest BCUT2D eigenvalue weighted by atomic mass is 16.2. The van der Waals surface area contributed by atoms with Crippen LogP contribution in [0.3, 0.4) is 0 Å². The second-order valence-corrected chi connectivity index (χ2v) is 4.31. The van der Waals surface area contributed by atoms with Crippen LogP contribution in [0.2, 0.25) is 0 Å². The Labute approximate surface area is 92.4 Å². The van der Waals surface area contributed by atoms with Gasteiger partial charge in [-0.25, -0.2) is 0 Å². The van der Waals surface area contributed by atoms with Gasteiger partial charge in [0.15, 0.2) is 0 Å². The fourth-order valence-electron chi connectivity index (χ4n) is 1.91. The fraction of sp³-hybridized carbons (Fsp3) is 0.909. The zero-order chi connectivity index (χ0) is 11.3. The number of nitrogens with zero attached hydrogens (tertiary/aromatic N) is 2. The van der Waals surface area contributed by atoms with Gasteiger partial charge in [0.2, 0.25) is 5.91 Å². The Hall–Kier alpha value is -0.610. The first-order valence-corrected chi connectivity index (χ1v) is 5.87. The van der Waals surface area contributed by atoms with Crippen molar-refractivity contribution < 1.29 is 4.79 Å². The van der Waals surface area contributed by atoms with Gasteiger partial charge in [-0.15, -0.1) is 0 Å². The third kappa shape index (κ3) is 3.47. The molecule has 0 aromatic heterocycles. The number of carbonyl (C=O) groups excluding carboxylic acids is 1. The Morgan fingerprint density at radius 2 is 2.20 bits per heavy atom. The van der Waals surface area contributed by atoms with Crippen LogP contribution < -0.4 is 5.73 Å². The zero-order valence-electron chi connectivity index (χ0n) is 9.91. The lowest BCUT2D eigenvalue weighted by Crippen LogP contribution is -2.55. The van der Waals surface area contributed by atoms with Crippen LogP contribution >= 0.6 is 0 Å². The van der Waals surface area contributed by atoms with Crippen molar-refractivity contribution in [2.24, 2.45) is 5.73 Å². The molecule has 1 fully saturated rings. The molecule has 1 saturated heterocycles. The second-order valence-electron chi connectivity index (χ2n) is 4.31. The third-order valence-corrected chi connectivity index (χ3v) is 3.15. The second kappa shape index (κ2) is 6.08. The molecule has 0 aromatic carbocycles. The van der Waals surface area contributed by atoms with Crippen LogP contribution in [0.25, 0.3) is 0 Å². The molecule has 0 bridgehead atoms. The first-order chi connectivity index (χ1) is 7.19. The summed E-state index contributed by atoms with van der Waals surface area (Å²) in [7, 11) is 2.07. The molecule has 0 aliphatic carbocycles. The van der Waals surface area contributed by atoms with Gasteiger partial charge in [-0.05, 0) is 13.5 Å². The van der Waals surface area contributed by atoms with Crippen molar-refractivity contribution in [1.82, 2.24) is 9.80 Å². The van der Waals surface area contributed by atoms with Crippen LogP contribution in [-0.2, 0) is 4.79 Å². The van der Waals surface area contributed by atoms with Crippen LogP contribution in [-0.4, -0.2) is 55.0 Å². The van der Waals surface area contributed by atoms with E-state index in [1.807, 2.05) is 4.90 Å². The molecule has 2 N–H and O–H groups in total. The summed E-state index contributed by atoms with van der Waals surface area (Å²) in [5.41, 5.74) is 5.68. The average molecular weight is 213 g/mol. The number of unbranched alkanes of at least 4 members (excludes halogenated alkanes) is 1. The maximum Gasteiger partial charge on any atom is 0.222 e. The normalized spacial score (nSPS) is 23.1. The molecular weight excluding hydrogens is 190 g/mol. The number of amides is 1. The highest BCUT2D eigenvalue weighted by molar-refractivity contribution is 5.76. The molecule has 0 saturated carbocycles. The van der Waals surface area contributed by atoms with Gasteiger partial charge in [0.1, 0.15) is 0 Å². The molecule has 15 heavy (non-hydrogen) atoms. The molecule has 4 nitrogen and oxygen atoms in total. The SMILES string of the molecule is CCCCC(=O)N1CCN(C)C(CN)C1. The van der Waals surface area contributed by atoms with E-state index < -0.39 is 0 Å². The quantitative estimate of drug-likeness (QED) is 0.729. The molecule has 1 heterocycles. The van der Waals surface area contributed by atoms with E-state index in [1.54, 1.807) is 0 Å². The van der Waals surface area contributed by atoms with E-state index in [4.69, 9.17) is 5.73 Å². The van der Waals surface area contributed by atoms with Gasteiger partial charge in [-0.3, -0.25) is 9.69 Å².